The number of halogens is 3. The number of allylic oxidation sites excluding steroid dienone is 2. The van der Waals surface area contributed by atoms with Gasteiger partial charge in [-0.2, -0.15) is 18.4 Å². The van der Waals surface area contributed by atoms with Gasteiger partial charge in [-0.1, -0.05) is 66.2 Å². The Balaban J connectivity index is 1.99. The van der Waals surface area contributed by atoms with Crippen LogP contribution in [0.2, 0.25) is 0 Å². The molecule has 1 aliphatic carbocycles. The minimum Gasteiger partial charge on any atom is -0.464 e. The number of hydrogen-bond acceptors (Lipinski definition) is 5. The van der Waals surface area contributed by atoms with Crippen LogP contribution in [0.5, 0.6) is 0 Å². The SMILES string of the molecule is CCOC(=O)COC1(c2cc(C(F)(F)F)c(C#N)c(=O)n2Cc2ccc(C)cc2C)C=CC=C(c2ccccc2)C1. The quantitative estimate of drug-likeness (QED) is 0.305. The maximum Gasteiger partial charge on any atom is 0.417 e. The number of esters is 1. The Morgan fingerprint density at radius 3 is 2.49 bits per heavy atom. The number of carbonyl (C=O) groups is 1. The number of aryl methyl sites for hydroxylation is 2. The molecule has 41 heavy (non-hydrogen) atoms. The van der Waals surface area contributed by atoms with E-state index >= 15 is 0 Å². The minimum atomic E-state index is -4.99. The number of nitriles is 1. The normalized spacial score (nSPS) is 16.7. The highest BCUT2D eigenvalue weighted by Crippen LogP contribution is 2.42. The van der Waals surface area contributed by atoms with Gasteiger partial charge in [0, 0.05) is 6.42 Å². The average molecular weight is 563 g/mol. The van der Waals surface area contributed by atoms with Crippen LogP contribution in [0, 0.1) is 25.2 Å². The van der Waals surface area contributed by atoms with E-state index in [9.17, 15) is 28.0 Å². The Kier molecular flexibility index (Phi) is 8.64. The predicted molar refractivity (Wildman–Crippen MR) is 148 cm³/mol. The van der Waals surface area contributed by atoms with Crippen molar-refractivity contribution in [2.24, 2.45) is 0 Å². The van der Waals surface area contributed by atoms with Gasteiger partial charge in [0.1, 0.15) is 23.8 Å². The summed E-state index contributed by atoms with van der Waals surface area (Å²) in [5.41, 5.74) is -1.26. The van der Waals surface area contributed by atoms with Gasteiger partial charge < -0.3 is 14.0 Å². The summed E-state index contributed by atoms with van der Waals surface area (Å²) in [6.45, 7) is 4.78. The lowest BCUT2D eigenvalue weighted by atomic mass is 9.82. The third-order valence-corrected chi connectivity index (χ3v) is 6.99. The molecule has 1 aliphatic rings. The standard InChI is InChI=1S/C32H29F3N2O4/c1-4-40-29(38)20-41-31(14-8-11-24(17-31)23-9-6-5-7-10-23)28-16-27(32(33,34)35)26(18-36)30(39)37(28)19-25-13-12-21(2)15-22(25)3/h5-16H,4,17,19-20H2,1-3H3. The number of hydrogen-bond donors (Lipinski definition) is 0. The number of carbonyl (C=O) groups excluding carboxylic acids is 1. The van der Waals surface area contributed by atoms with Crippen molar-refractivity contribution in [2.45, 2.75) is 45.5 Å². The van der Waals surface area contributed by atoms with Gasteiger partial charge in [0.2, 0.25) is 0 Å². The third kappa shape index (κ3) is 6.34. The first-order valence-electron chi connectivity index (χ1n) is 13.0. The molecule has 1 atom stereocenters. The van der Waals surface area contributed by atoms with Crippen molar-refractivity contribution in [1.82, 2.24) is 4.57 Å². The Morgan fingerprint density at radius 1 is 1.12 bits per heavy atom. The third-order valence-electron chi connectivity index (χ3n) is 6.99. The summed E-state index contributed by atoms with van der Waals surface area (Å²) >= 11 is 0. The molecule has 0 saturated heterocycles. The van der Waals surface area contributed by atoms with Crippen LogP contribution in [0.25, 0.3) is 5.57 Å². The fourth-order valence-electron chi connectivity index (χ4n) is 4.99. The summed E-state index contributed by atoms with van der Waals surface area (Å²) in [5, 5.41) is 9.66. The first kappa shape index (κ1) is 29.6. The molecular formula is C32H29F3N2O4. The van der Waals surface area contributed by atoms with Gasteiger partial charge >= 0.3 is 12.1 Å². The summed E-state index contributed by atoms with van der Waals surface area (Å²) in [5.74, 6) is -0.705. The summed E-state index contributed by atoms with van der Waals surface area (Å²) < 4.78 is 55.1. The first-order valence-corrected chi connectivity index (χ1v) is 13.0. The molecule has 0 spiro atoms. The number of pyridine rings is 1. The van der Waals surface area contributed by atoms with E-state index in [-0.39, 0.29) is 25.3 Å². The molecule has 0 saturated carbocycles. The van der Waals surface area contributed by atoms with Crippen LogP contribution in [0.15, 0.2) is 77.6 Å². The monoisotopic (exact) mass is 562 g/mol. The smallest absolute Gasteiger partial charge is 0.417 e. The Bertz CT molecular complexity index is 1610. The number of rotatable bonds is 8. The molecule has 0 radical (unpaired) electrons. The largest absolute Gasteiger partial charge is 0.464 e. The van der Waals surface area contributed by atoms with E-state index in [0.29, 0.717) is 5.56 Å². The van der Waals surface area contributed by atoms with Crippen LogP contribution in [0.3, 0.4) is 0 Å². The summed E-state index contributed by atoms with van der Waals surface area (Å²) in [6, 6.07) is 17.0. The second-order valence-corrected chi connectivity index (χ2v) is 9.83. The number of alkyl halides is 3. The summed E-state index contributed by atoms with van der Waals surface area (Å²) in [4.78, 5) is 26.1. The van der Waals surface area contributed by atoms with E-state index in [4.69, 9.17) is 9.47 Å². The van der Waals surface area contributed by atoms with E-state index in [2.05, 4.69) is 0 Å². The van der Waals surface area contributed by atoms with E-state index in [0.717, 1.165) is 32.9 Å². The summed E-state index contributed by atoms with van der Waals surface area (Å²) in [7, 11) is 0. The lowest BCUT2D eigenvalue weighted by Crippen LogP contribution is -2.40. The van der Waals surface area contributed by atoms with Gasteiger partial charge in [0.25, 0.3) is 5.56 Å². The highest BCUT2D eigenvalue weighted by atomic mass is 19.4. The van der Waals surface area contributed by atoms with Gasteiger partial charge in [0.15, 0.2) is 0 Å². The van der Waals surface area contributed by atoms with Crippen molar-refractivity contribution in [3.05, 3.63) is 122 Å². The molecule has 1 unspecified atom stereocenters. The van der Waals surface area contributed by atoms with Crippen molar-refractivity contribution in [3.8, 4) is 6.07 Å². The second kappa shape index (κ2) is 12.0. The van der Waals surface area contributed by atoms with E-state index < -0.39 is 41.0 Å². The zero-order chi connectivity index (χ0) is 29.8. The molecule has 2 aromatic carbocycles. The van der Waals surface area contributed by atoms with E-state index in [1.165, 1.54) is 12.1 Å². The van der Waals surface area contributed by atoms with Crippen molar-refractivity contribution in [2.75, 3.05) is 13.2 Å². The Morgan fingerprint density at radius 2 is 1.85 bits per heavy atom. The fourth-order valence-corrected chi connectivity index (χ4v) is 4.99. The fraction of sp³-hybridized carbons (Fsp3) is 0.281. The maximum absolute atomic E-state index is 14.3. The van der Waals surface area contributed by atoms with E-state index in [1.807, 2.05) is 62.4 Å². The molecule has 0 aliphatic heterocycles. The zero-order valence-electron chi connectivity index (χ0n) is 22.9. The van der Waals surface area contributed by atoms with Gasteiger partial charge in [-0.15, -0.1) is 0 Å². The van der Waals surface area contributed by atoms with Gasteiger partial charge in [-0.3, -0.25) is 4.79 Å². The maximum atomic E-state index is 14.3. The van der Waals surface area contributed by atoms with Gasteiger partial charge in [-0.05, 0) is 55.2 Å². The number of ether oxygens (including phenoxy) is 2. The van der Waals surface area contributed by atoms with E-state index in [1.54, 1.807) is 19.1 Å². The average Bonchev–Trinajstić information content (AvgIpc) is 2.94. The number of aromatic nitrogens is 1. The van der Waals surface area contributed by atoms with Crippen molar-refractivity contribution in [3.63, 3.8) is 0 Å². The lowest BCUT2D eigenvalue weighted by Gasteiger charge is -2.36. The first-order chi connectivity index (χ1) is 19.5. The Labute approximate surface area is 236 Å². The zero-order valence-corrected chi connectivity index (χ0v) is 22.9. The molecule has 0 bridgehead atoms. The Hall–Kier alpha value is -4.42. The highest BCUT2D eigenvalue weighted by molar-refractivity contribution is 5.72. The van der Waals surface area contributed by atoms with Crippen LogP contribution >= 0.6 is 0 Å². The van der Waals surface area contributed by atoms with Gasteiger partial charge in [-0.25, -0.2) is 4.79 Å². The van der Waals surface area contributed by atoms with Crippen LogP contribution in [-0.4, -0.2) is 23.8 Å². The highest BCUT2D eigenvalue weighted by Gasteiger charge is 2.42. The summed E-state index contributed by atoms with van der Waals surface area (Å²) in [6.07, 6.45) is 0.00775. The van der Waals surface area contributed by atoms with Crippen LogP contribution in [-0.2, 0) is 32.6 Å². The molecule has 0 amide bonds. The van der Waals surface area contributed by atoms with Crippen LogP contribution in [0.4, 0.5) is 13.2 Å². The van der Waals surface area contributed by atoms with Crippen molar-refractivity contribution < 1.29 is 27.4 Å². The topological polar surface area (TPSA) is 81.3 Å². The van der Waals surface area contributed by atoms with Crippen LogP contribution in [0.1, 0.15) is 52.4 Å². The lowest BCUT2D eigenvalue weighted by molar-refractivity contribution is -0.154. The van der Waals surface area contributed by atoms with Gasteiger partial charge in [0.05, 0.1) is 24.4 Å². The molecule has 0 fully saturated rings. The molecule has 1 heterocycles. The van der Waals surface area contributed by atoms with Crippen molar-refractivity contribution >= 4 is 11.5 Å². The second-order valence-electron chi connectivity index (χ2n) is 9.83. The predicted octanol–water partition coefficient (Wildman–Crippen LogP) is 6.22. The molecule has 3 aromatic rings. The molecule has 212 valence electrons. The number of nitrogens with zero attached hydrogens (tertiary/aromatic N) is 2. The van der Waals surface area contributed by atoms with Crippen LogP contribution < -0.4 is 5.56 Å². The number of benzene rings is 2. The molecule has 0 N–H and O–H groups in total. The molecule has 6 nitrogen and oxygen atoms in total. The molecular weight excluding hydrogens is 533 g/mol. The minimum absolute atomic E-state index is 0.0163. The van der Waals surface area contributed by atoms with Crippen molar-refractivity contribution in [1.29, 1.82) is 5.26 Å². The molecule has 4 rings (SSSR count). The molecule has 1 aromatic heterocycles. The molecule has 9 heteroatoms.